The third kappa shape index (κ3) is 4.59. The van der Waals surface area contributed by atoms with Crippen molar-refractivity contribution in [1.82, 2.24) is 0 Å². The number of hydrogen-bond donors (Lipinski definition) is 1. The summed E-state index contributed by atoms with van der Waals surface area (Å²) >= 11 is 3.54. The van der Waals surface area contributed by atoms with E-state index in [9.17, 15) is 0 Å². The van der Waals surface area contributed by atoms with Crippen molar-refractivity contribution < 1.29 is 4.74 Å². The van der Waals surface area contributed by atoms with Crippen LogP contribution < -0.4 is 10.6 Å². The van der Waals surface area contributed by atoms with E-state index in [0.29, 0.717) is 6.54 Å². The van der Waals surface area contributed by atoms with Gasteiger partial charge in [0.15, 0.2) is 0 Å². The lowest BCUT2D eigenvalue weighted by Crippen LogP contribution is -2.28. The molecule has 0 spiro atoms. The van der Waals surface area contributed by atoms with E-state index in [0.717, 1.165) is 37.2 Å². The highest BCUT2D eigenvalue weighted by Crippen LogP contribution is 2.25. The van der Waals surface area contributed by atoms with Gasteiger partial charge in [0.1, 0.15) is 0 Å². The van der Waals surface area contributed by atoms with Crippen LogP contribution in [0.4, 0.5) is 5.69 Å². The molecule has 0 heterocycles. The fraction of sp³-hybridized carbons (Fsp3) is 0.571. The molecule has 4 heteroatoms. The van der Waals surface area contributed by atoms with Crippen molar-refractivity contribution in [3.05, 3.63) is 28.2 Å². The highest BCUT2D eigenvalue weighted by atomic mass is 79.9. The van der Waals surface area contributed by atoms with Crippen LogP contribution in [0.1, 0.15) is 19.4 Å². The number of nitrogens with two attached hydrogens (primary N) is 1. The monoisotopic (exact) mass is 314 g/mol. The Kier molecular flexibility index (Phi) is 7.32. The molecule has 18 heavy (non-hydrogen) atoms. The van der Waals surface area contributed by atoms with Crippen molar-refractivity contribution >= 4 is 21.6 Å². The van der Waals surface area contributed by atoms with Crippen LogP contribution in [0.3, 0.4) is 0 Å². The topological polar surface area (TPSA) is 38.5 Å². The Labute approximate surface area is 118 Å². The van der Waals surface area contributed by atoms with Crippen molar-refractivity contribution in [2.75, 3.05) is 37.7 Å². The zero-order valence-corrected chi connectivity index (χ0v) is 12.9. The highest BCUT2D eigenvalue weighted by molar-refractivity contribution is 9.10. The second kappa shape index (κ2) is 8.51. The fourth-order valence-corrected chi connectivity index (χ4v) is 2.32. The number of ether oxygens (including phenoxy) is 1. The molecule has 0 aliphatic rings. The maximum Gasteiger partial charge on any atom is 0.0641 e. The Balaban J connectivity index is 2.84. The Morgan fingerprint density at radius 3 is 2.72 bits per heavy atom. The molecule has 0 aliphatic heterocycles. The second-order valence-electron chi connectivity index (χ2n) is 4.09. The average molecular weight is 315 g/mol. The number of anilines is 1. The first-order valence-corrected chi connectivity index (χ1v) is 7.33. The predicted octanol–water partition coefficient (Wildman–Crippen LogP) is 2.81. The second-order valence-corrected chi connectivity index (χ2v) is 5.00. The molecular weight excluding hydrogens is 292 g/mol. The van der Waals surface area contributed by atoms with Crippen LogP contribution in [0, 0.1) is 0 Å². The van der Waals surface area contributed by atoms with Gasteiger partial charge in [-0.15, -0.1) is 0 Å². The molecule has 2 N–H and O–H groups in total. The van der Waals surface area contributed by atoms with Crippen molar-refractivity contribution in [3.63, 3.8) is 0 Å². The summed E-state index contributed by atoms with van der Waals surface area (Å²) in [5.41, 5.74) is 8.24. The number of nitrogens with zero attached hydrogens (tertiary/aromatic N) is 1. The van der Waals surface area contributed by atoms with Gasteiger partial charge in [-0.05, 0) is 44.5 Å². The third-order valence-electron chi connectivity index (χ3n) is 2.89. The Hall–Kier alpha value is -0.580. The lowest BCUT2D eigenvalue weighted by atomic mass is 10.1. The molecule has 0 aliphatic carbocycles. The summed E-state index contributed by atoms with van der Waals surface area (Å²) in [4.78, 5) is 2.34. The Morgan fingerprint density at radius 2 is 2.11 bits per heavy atom. The molecule has 0 unspecified atom stereocenters. The molecule has 0 saturated carbocycles. The van der Waals surface area contributed by atoms with Crippen LogP contribution in [0.15, 0.2) is 22.7 Å². The standard InChI is InChI=1S/C14H23BrN2O/c1-3-17(9-10-18-4-2)14-11-13(15)6-5-12(14)7-8-16/h5-6,11H,3-4,7-10,16H2,1-2H3. The van der Waals surface area contributed by atoms with Crippen LogP contribution in [0.25, 0.3) is 0 Å². The molecule has 0 radical (unpaired) electrons. The molecule has 0 atom stereocenters. The summed E-state index contributed by atoms with van der Waals surface area (Å²) in [6.07, 6.45) is 0.910. The maximum absolute atomic E-state index is 5.68. The highest BCUT2D eigenvalue weighted by Gasteiger charge is 2.10. The summed E-state index contributed by atoms with van der Waals surface area (Å²) in [5, 5.41) is 0. The summed E-state index contributed by atoms with van der Waals surface area (Å²) in [6, 6.07) is 6.39. The molecule has 0 aromatic heterocycles. The maximum atomic E-state index is 5.68. The van der Waals surface area contributed by atoms with Crippen LogP contribution in [0.2, 0.25) is 0 Å². The number of halogens is 1. The van der Waals surface area contributed by atoms with Crippen molar-refractivity contribution in [3.8, 4) is 0 Å². The summed E-state index contributed by atoms with van der Waals surface area (Å²) in [5.74, 6) is 0. The van der Waals surface area contributed by atoms with E-state index in [4.69, 9.17) is 10.5 Å². The van der Waals surface area contributed by atoms with Crippen molar-refractivity contribution in [2.45, 2.75) is 20.3 Å². The van der Waals surface area contributed by atoms with E-state index in [1.807, 2.05) is 6.92 Å². The van der Waals surface area contributed by atoms with Gasteiger partial charge in [-0.1, -0.05) is 22.0 Å². The number of hydrogen-bond acceptors (Lipinski definition) is 3. The predicted molar refractivity (Wildman–Crippen MR) is 81.3 cm³/mol. The van der Waals surface area contributed by atoms with Gasteiger partial charge in [0, 0.05) is 29.9 Å². The minimum atomic E-state index is 0.678. The van der Waals surface area contributed by atoms with Gasteiger partial charge in [0.2, 0.25) is 0 Å². The van der Waals surface area contributed by atoms with E-state index in [2.05, 4.69) is 46.0 Å². The molecule has 3 nitrogen and oxygen atoms in total. The summed E-state index contributed by atoms with van der Waals surface area (Å²) < 4.78 is 6.54. The van der Waals surface area contributed by atoms with Gasteiger partial charge in [0.05, 0.1) is 6.61 Å². The van der Waals surface area contributed by atoms with E-state index in [1.165, 1.54) is 11.3 Å². The first-order valence-electron chi connectivity index (χ1n) is 6.54. The zero-order valence-electron chi connectivity index (χ0n) is 11.3. The van der Waals surface area contributed by atoms with E-state index in [1.54, 1.807) is 0 Å². The molecule has 1 rings (SSSR count). The van der Waals surface area contributed by atoms with Crippen LogP contribution in [0.5, 0.6) is 0 Å². The number of benzene rings is 1. The minimum absolute atomic E-state index is 0.678. The van der Waals surface area contributed by atoms with Crippen LogP contribution in [-0.2, 0) is 11.2 Å². The SMILES string of the molecule is CCOCCN(CC)c1cc(Br)ccc1CCN. The summed E-state index contributed by atoms with van der Waals surface area (Å²) in [7, 11) is 0. The average Bonchev–Trinajstić information content (AvgIpc) is 2.37. The van der Waals surface area contributed by atoms with Gasteiger partial charge >= 0.3 is 0 Å². The van der Waals surface area contributed by atoms with Crippen LogP contribution >= 0.6 is 15.9 Å². The fourth-order valence-electron chi connectivity index (χ4n) is 1.97. The van der Waals surface area contributed by atoms with Gasteiger partial charge in [-0.2, -0.15) is 0 Å². The van der Waals surface area contributed by atoms with Gasteiger partial charge in [0.25, 0.3) is 0 Å². The first-order chi connectivity index (χ1) is 8.72. The third-order valence-corrected chi connectivity index (χ3v) is 3.39. The molecular formula is C14H23BrN2O. The lowest BCUT2D eigenvalue weighted by Gasteiger charge is -2.26. The first kappa shape index (κ1) is 15.5. The smallest absolute Gasteiger partial charge is 0.0641 e. The molecule has 0 saturated heterocycles. The van der Waals surface area contributed by atoms with E-state index in [-0.39, 0.29) is 0 Å². The summed E-state index contributed by atoms with van der Waals surface area (Å²) in [6.45, 7) is 8.29. The van der Waals surface area contributed by atoms with Gasteiger partial charge in [-0.3, -0.25) is 0 Å². The number of rotatable bonds is 8. The van der Waals surface area contributed by atoms with Crippen LogP contribution in [-0.4, -0.2) is 32.8 Å². The Morgan fingerprint density at radius 1 is 1.33 bits per heavy atom. The quantitative estimate of drug-likeness (QED) is 0.750. The van der Waals surface area contributed by atoms with E-state index < -0.39 is 0 Å². The minimum Gasteiger partial charge on any atom is -0.380 e. The molecule has 0 amide bonds. The van der Waals surface area contributed by atoms with Gasteiger partial charge < -0.3 is 15.4 Å². The largest absolute Gasteiger partial charge is 0.380 e. The normalized spacial score (nSPS) is 10.7. The van der Waals surface area contributed by atoms with Crippen molar-refractivity contribution in [2.24, 2.45) is 5.73 Å². The molecule has 0 bridgehead atoms. The van der Waals surface area contributed by atoms with Crippen molar-refractivity contribution in [1.29, 1.82) is 0 Å². The number of likely N-dealkylation sites (N-methyl/N-ethyl adjacent to an activating group) is 1. The van der Waals surface area contributed by atoms with E-state index >= 15 is 0 Å². The molecule has 1 aromatic rings. The lowest BCUT2D eigenvalue weighted by molar-refractivity contribution is 0.154. The molecule has 1 aromatic carbocycles. The molecule has 0 fully saturated rings. The Bertz CT molecular complexity index is 358. The molecule has 102 valence electrons. The zero-order chi connectivity index (χ0) is 13.4. The van der Waals surface area contributed by atoms with Gasteiger partial charge in [-0.25, -0.2) is 0 Å².